The Morgan fingerprint density at radius 1 is 0.913 bits per heavy atom. The molecule has 0 radical (unpaired) electrons. The lowest BCUT2D eigenvalue weighted by Gasteiger charge is -2.37. The van der Waals surface area contributed by atoms with Crippen LogP contribution in [0.3, 0.4) is 0 Å². The molecule has 4 heteroatoms. The van der Waals surface area contributed by atoms with E-state index in [-0.39, 0.29) is 0 Å². The van der Waals surface area contributed by atoms with Crippen LogP contribution in [0, 0.1) is 11.8 Å². The zero-order chi connectivity index (χ0) is 16.7. The van der Waals surface area contributed by atoms with E-state index in [9.17, 15) is 0 Å². The Hall–Kier alpha value is -0.160. The number of aliphatic hydroxyl groups is 1. The van der Waals surface area contributed by atoms with Crippen molar-refractivity contribution in [3.63, 3.8) is 0 Å². The van der Waals surface area contributed by atoms with Crippen LogP contribution < -0.4 is 0 Å². The molecule has 2 aliphatic heterocycles. The molecule has 2 fully saturated rings. The van der Waals surface area contributed by atoms with Gasteiger partial charge in [-0.3, -0.25) is 4.90 Å². The van der Waals surface area contributed by atoms with E-state index in [0.29, 0.717) is 18.7 Å². The molecule has 2 aliphatic rings. The molecule has 0 saturated carbocycles. The normalized spacial score (nSPS) is 24.4. The molecule has 1 unspecified atom stereocenters. The maximum Gasteiger partial charge on any atom is 0.0619 e. The summed E-state index contributed by atoms with van der Waals surface area (Å²) < 4.78 is 6.06. The summed E-state index contributed by atoms with van der Waals surface area (Å²) in [6, 6.07) is 1.21. The first-order valence-corrected chi connectivity index (χ1v) is 9.76. The number of nitrogens with zero attached hydrogens (tertiary/aromatic N) is 2. The molecule has 0 bridgehead atoms. The van der Waals surface area contributed by atoms with E-state index in [0.717, 1.165) is 31.5 Å². The highest BCUT2D eigenvalue weighted by atomic mass is 16.5. The standard InChI is InChI=1S/C19H38N2O2/c1-16(2)20-9-6-19(7-10-20)15-23-14-17(3)21-11-4-18(5-12-21)8-13-22/h16-19,22H,4-15H2,1-3H3. The number of ether oxygens (including phenoxy) is 1. The maximum atomic E-state index is 9.04. The summed E-state index contributed by atoms with van der Waals surface area (Å²) in [4.78, 5) is 5.14. The van der Waals surface area contributed by atoms with Gasteiger partial charge in [-0.05, 0) is 90.9 Å². The maximum absolute atomic E-state index is 9.04. The fourth-order valence-corrected chi connectivity index (χ4v) is 4.01. The SMILES string of the molecule is CC(C)N1CCC(COCC(C)N2CCC(CCO)CC2)CC1. The minimum absolute atomic E-state index is 0.346. The van der Waals surface area contributed by atoms with Crippen LogP contribution >= 0.6 is 0 Å². The largest absolute Gasteiger partial charge is 0.396 e. The molecule has 0 aromatic carbocycles. The number of aliphatic hydroxyl groups excluding tert-OH is 1. The molecule has 2 saturated heterocycles. The molecule has 2 rings (SSSR count). The lowest BCUT2D eigenvalue weighted by molar-refractivity contribution is 0.0179. The first kappa shape index (κ1) is 19.2. The summed E-state index contributed by atoms with van der Waals surface area (Å²) in [6.45, 7) is 13.9. The van der Waals surface area contributed by atoms with Gasteiger partial charge in [0.2, 0.25) is 0 Å². The highest BCUT2D eigenvalue weighted by Gasteiger charge is 2.24. The second-order valence-electron chi connectivity index (χ2n) is 7.95. The number of piperidine rings is 2. The zero-order valence-electron chi connectivity index (χ0n) is 15.5. The Balaban J connectivity index is 1.56. The van der Waals surface area contributed by atoms with Crippen molar-refractivity contribution in [2.24, 2.45) is 11.8 Å². The molecule has 1 N–H and O–H groups in total. The molecule has 2 heterocycles. The first-order valence-electron chi connectivity index (χ1n) is 9.76. The summed E-state index contributed by atoms with van der Waals surface area (Å²) in [7, 11) is 0. The molecule has 0 spiro atoms. The van der Waals surface area contributed by atoms with Gasteiger partial charge in [0.25, 0.3) is 0 Å². The lowest BCUT2D eigenvalue weighted by Crippen LogP contribution is -2.43. The molecule has 0 aromatic rings. The van der Waals surface area contributed by atoms with Crippen LogP contribution in [-0.4, -0.2) is 73.0 Å². The zero-order valence-corrected chi connectivity index (χ0v) is 15.5. The van der Waals surface area contributed by atoms with Gasteiger partial charge in [-0.25, -0.2) is 0 Å². The van der Waals surface area contributed by atoms with Crippen LogP contribution in [0.2, 0.25) is 0 Å². The predicted octanol–water partition coefficient (Wildman–Crippen LogP) is 2.61. The minimum atomic E-state index is 0.346. The summed E-state index contributed by atoms with van der Waals surface area (Å²) >= 11 is 0. The van der Waals surface area contributed by atoms with E-state index >= 15 is 0 Å². The fourth-order valence-electron chi connectivity index (χ4n) is 4.01. The van der Waals surface area contributed by atoms with Gasteiger partial charge in [0, 0.05) is 25.3 Å². The van der Waals surface area contributed by atoms with E-state index in [1.54, 1.807) is 0 Å². The summed E-state index contributed by atoms with van der Waals surface area (Å²) in [6.07, 6.45) is 6.03. The third-order valence-corrected chi connectivity index (χ3v) is 5.90. The molecular weight excluding hydrogens is 288 g/mol. The lowest BCUT2D eigenvalue weighted by atomic mass is 9.93. The van der Waals surface area contributed by atoms with Crippen molar-refractivity contribution in [3.05, 3.63) is 0 Å². The van der Waals surface area contributed by atoms with Crippen LogP contribution in [0.25, 0.3) is 0 Å². The van der Waals surface area contributed by atoms with Crippen molar-refractivity contribution >= 4 is 0 Å². The Kier molecular flexibility index (Phi) is 8.31. The number of hydrogen-bond acceptors (Lipinski definition) is 4. The summed E-state index contributed by atoms with van der Waals surface area (Å²) in [5, 5.41) is 9.04. The molecule has 4 nitrogen and oxygen atoms in total. The van der Waals surface area contributed by atoms with Crippen molar-refractivity contribution in [2.45, 2.75) is 65.0 Å². The molecule has 0 amide bonds. The fraction of sp³-hybridized carbons (Fsp3) is 1.00. The van der Waals surface area contributed by atoms with Crippen LogP contribution in [0.5, 0.6) is 0 Å². The third-order valence-electron chi connectivity index (χ3n) is 5.90. The van der Waals surface area contributed by atoms with Crippen molar-refractivity contribution < 1.29 is 9.84 Å². The minimum Gasteiger partial charge on any atom is -0.396 e. The first-order chi connectivity index (χ1) is 11.1. The van der Waals surface area contributed by atoms with Gasteiger partial charge in [0.05, 0.1) is 6.61 Å². The van der Waals surface area contributed by atoms with E-state index in [1.807, 2.05) is 0 Å². The van der Waals surface area contributed by atoms with Gasteiger partial charge in [-0.15, -0.1) is 0 Å². The van der Waals surface area contributed by atoms with Gasteiger partial charge in [-0.1, -0.05) is 0 Å². The van der Waals surface area contributed by atoms with Gasteiger partial charge in [0.15, 0.2) is 0 Å². The van der Waals surface area contributed by atoms with E-state index in [4.69, 9.17) is 9.84 Å². The second-order valence-corrected chi connectivity index (χ2v) is 7.95. The third kappa shape index (κ3) is 6.33. The highest BCUT2D eigenvalue weighted by Crippen LogP contribution is 2.22. The topological polar surface area (TPSA) is 35.9 Å². The Morgan fingerprint density at radius 2 is 1.48 bits per heavy atom. The van der Waals surface area contributed by atoms with Crippen LogP contribution in [-0.2, 0) is 4.74 Å². The molecular formula is C19H38N2O2. The molecule has 0 aliphatic carbocycles. The van der Waals surface area contributed by atoms with Crippen LogP contribution in [0.1, 0.15) is 52.9 Å². The van der Waals surface area contributed by atoms with Crippen LogP contribution in [0.4, 0.5) is 0 Å². The van der Waals surface area contributed by atoms with E-state index in [2.05, 4.69) is 30.6 Å². The van der Waals surface area contributed by atoms with Gasteiger partial charge in [-0.2, -0.15) is 0 Å². The van der Waals surface area contributed by atoms with Gasteiger partial charge in [0.1, 0.15) is 0 Å². The van der Waals surface area contributed by atoms with Crippen LogP contribution in [0.15, 0.2) is 0 Å². The summed E-state index contributed by atoms with van der Waals surface area (Å²) in [5.74, 6) is 1.49. The average Bonchev–Trinajstić information content (AvgIpc) is 2.56. The number of rotatable bonds is 8. The van der Waals surface area contributed by atoms with E-state index in [1.165, 1.54) is 51.9 Å². The molecule has 136 valence electrons. The second kappa shape index (κ2) is 9.97. The van der Waals surface area contributed by atoms with Crippen molar-refractivity contribution in [2.75, 3.05) is 46.0 Å². The number of likely N-dealkylation sites (tertiary alicyclic amines) is 2. The Bertz CT molecular complexity index is 308. The van der Waals surface area contributed by atoms with E-state index < -0.39 is 0 Å². The van der Waals surface area contributed by atoms with Gasteiger partial charge >= 0.3 is 0 Å². The smallest absolute Gasteiger partial charge is 0.0619 e. The van der Waals surface area contributed by atoms with Crippen molar-refractivity contribution in [1.29, 1.82) is 0 Å². The molecule has 23 heavy (non-hydrogen) atoms. The van der Waals surface area contributed by atoms with Crippen molar-refractivity contribution in [1.82, 2.24) is 9.80 Å². The highest BCUT2D eigenvalue weighted by molar-refractivity contribution is 4.77. The Morgan fingerprint density at radius 3 is 2.04 bits per heavy atom. The van der Waals surface area contributed by atoms with Crippen molar-refractivity contribution in [3.8, 4) is 0 Å². The molecule has 1 atom stereocenters. The van der Waals surface area contributed by atoms with Gasteiger partial charge < -0.3 is 14.7 Å². The number of hydrogen-bond donors (Lipinski definition) is 1. The molecule has 0 aromatic heterocycles. The Labute approximate surface area is 143 Å². The monoisotopic (exact) mass is 326 g/mol. The average molecular weight is 327 g/mol. The quantitative estimate of drug-likeness (QED) is 0.744. The summed E-state index contributed by atoms with van der Waals surface area (Å²) in [5.41, 5.74) is 0. The predicted molar refractivity (Wildman–Crippen MR) is 95.7 cm³/mol.